The second-order valence-corrected chi connectivity index (χ2v) is 4.78. The Morgan fingerprint density at radius 3 is 2.58 bits per heavy atom. The van der Waals surface area contributed by atoms with Crippen molar-refractivity contribution in [2.75, 3.05) is 0 Å². The molecule has 1 heterocycles. The molecule has 0 aliphatic heterocycles. The number of aliphatic hydroxyl groups is 1. The maximum atomic E-state index is 12.6. The van der Waals surface area contributed by atoms with Crippen molar-refractivity contribution in [3.63, 3.8) is 0 Å². The van der Waals surface area contributed by atoms with Gasteiger partial charge in [-0.2, -0.15) is 13.2 Å². The van der Waals surface area contributed by atoms with Crippen molar-refractivity contribution >= 4 is 15.9 Å². The van der Waals surface area contributed by atoms with Crippen LogP contribution in [0.3, 0.4) is 0 Å². The van der Waals surface area contributed by atoms with E-state index in [0.717, 1.165) is 12.1 Å². The maximum absolute atomic E-state index is 12.6. The van der Waals surface area contributed by atoms with Crippen molar-refractivity contribution in [2.45, 2.75) is 19.2 Å². The smallest absolute Gasteiger partial charge is 0.387 e. The number of benzene rings is 1. The van der Waals surface area contributed by atoms with Gasteiger partial charge in [0.25, 0.3) is 0 Å². The van der Waals surface area contributed by atoms with E-state index < -0.39 is 17.8 Å². The molecule has 0 saturated heterocycles. The summed E-state index contributed by atoms with van der Waals surface area (Å²) in [6, 6.07) is 3.23. The third-order valence-electron chi connectivity index (χ3n) is 2.46. The molecule has 0 bridgehead atoms. The normalized spacial score (nSPS) is 13.6. The molecule has 0 radical (unpaired) electrons. The van der Waals surface area contributed by atoms with Crippen molar-refractivity contribution in [3.8, 4) is 5.69 Å². The van der Waals surface area contributed by atoms with Gasteiger partial charge >= 0.3 is 6.18 Å². The average molecular weight is 336 g/mol. The van der Waals surface area contributed by atoms with E-state index in [0.29, 0.717) is 4.47 Å². The molecule has 1 unspecified atom stereocenters. The number of halogens is 4. The SMILES string of the molecule is CC(O)c1cn(-c2cc(C(F)(F)F)ccc2Br)nn1. The monoisotopic (exact) mass is 335 g/mol. The summed E-state index contributed by atoms with van der Waals surface area (Å²) in [6.07, 6.45) is -3.88. The number of alkyl halides is 3. The highest BCUT2D eigenvalue weighted by Crippen LogP contribution is 2.33. The summed E-state index contributed by atoms with van der Waals surface area (Å²) < 4.78 is 39.6. The molecule has 2 aromatic rings. The van der Waals surface area contributed by atoms with Crippen LogP contribution in [0.2, 0.25) is 0 Å². The number of nitrogens with zero attached hydrogens (tertiary/aromatic N) is 3. The van der Waals surface area contributed by atoms with Crippen molar-refractivity contribution in [3.05, 3.63) is 40.1 Å². The molecule has 0 aliphatic rings. The van der Waals surface area contributed by atoms with E-state index in [1.54, 1.807) is 0 Å². The van der Waals surface area contributed by atoms with Gasteiger partial charge in [-0.05, 0) is 41.1 Å². The number of rotatable bonds is 2. The largest absolute Gasteiger partial charge is 0.416 e. The Kier molecular flexibility index (Phi) is 3.64. The quantitative estimate of drug-likeness (QED) is 0.917. The fraction of sp³-hybridized carbons (Fsp3) is 0.273. The van der Waals surface area contributed by atoms with Crippen LogP contribution in [0.25, 0.3) is 5.69 Å². The van der Waals surface area contributed by atoms with Crippen molar-refractivity contribution in [2.24, 2.45) is 0 Å². The summed E-state index contributed by atoms with van der Waals surface area (Å²) in [4.78, 5) is 0. The van der Waals surface area contributed by atoms with E-state index in [1.807, 2.05) is 0 Å². The van der Waals surface area contributed by atoms with Crippen LogP contribution in [-0.4, -0.2) is 20.1 Å². The summed E-state index contributed by atoms with van der Waals surface area (Å²) in [7, 11) is 0. The van der Waals surface area contributed by atoms with Gasteiger partial charge in [0, 0.05) is 4.47 Å². The molecule has 0 saturated carbocycles. The molecule has 1 N–H and O–H groups in total. The number of hydrogen-bond donors (Lipinski definition) is 1. The Hall–Kier alpha value is -1.41. The lowest BCUT2D eigenvalue weighted by Gasteiger charge is -2.10. The lowest BCUT2D eigenvalue weighted by Crippen LogP contribution is -2.07. The molecule has 1 aromatic carbocycles. The predicted molar refractivity (Wildman–Crippen MR) is 64.7 cm³/mol. The van der Waals surface area contributed by atoms with Crippen LogP contribution in [-0.2, 0) is 6.18 Å². The predicted octanol–water partition coefficient (Wildman–Crippen LogP) is 3.10. The van der Waals surface area contributed by atoms with E-state index >= 15 is 0 Å². The van der Waals surface area contributed by atoms with Crippen LogP contribution in [0.4, 0.5) is 13.2 Å². The van der Waals surface area contributed by atoms with Crippen molar-refractivity contribution in [1.82, 2.24) is 15.0 Å². The van der Waals surface area contributed by atoms with E-state index in [1.165, 1.54) is 23.9 Å². The maximum Gasteiger partial charge on any atom is 0.416 e. The Labute approximate surface area is 115 Å². The molecule has 1 aromatic heterocycles. The molecule has 4 nitrogen and oxygen atoms in total. The van der Waals surface area contributed by atoms with Gasteiger partial charge in [-0.3, -0.25) is 0 Å². The van der Waals surface area contributed by atoms with Gasteiger partial charge in [-0.25, -0.2) is 4.68 Å². The Balaban J connectivity index is 2.48. The molecule has 102 valence electrons. The lowest BCUT2D eigenvalue weighted by atomic mass is 10.2. The highest BCUT2D eigenvalue weighted by molar-refractivity contribution is 9.10. The molecule has 2 rings (SSSR count). The molecular weight excluding hydrogens is 327 g/mol. The minimum atomic E-state index is -4.43. The summed E-state index contributed by atoms with van der Waals surface area (Å²) in [5.74, 6) is 0. The Morgan fingerprint density at radius 1 is 1.37 bits per heavy atom. The fourth-order valence-electron chi connectivity index (χ4n) is 1.45. The van der Waals surface area contributed by atoms with E-state index in [-0.39, 0.29) is 11.4 Å². The molecule has 0 amide bonds. The van der Waals surface area contributed by atoms with Gasteiger partial charge in [0.05, 0.1) is 23.6 Å². The Morgan fingerprint density at radius 2 is 2.05 bits per heavy atom. The van der Waals surface area contributed by atoms with E-state index in [9.17, 15) is 18.3 Å². The summed E-state index contributed by atoms with van der Waals surface area (Å²) in [5.41, 5.74) is -0.293. The third kappa shape index (κ3) is 2.95. The molecule has 8 heteroatoms. The minimum Gasteiger partial charge on any atom is -0.387 e. The summed E-state index contributed by atoms with van der Waals surface area (Å²) in [5, 5.41) is 16.7. The molecular formula is C11H9BrF3N3O. The molecule has 0 spiro atoms. The molecule has 0 aliphatic carbocycles. The first kappa shape index (κ1) is 14.0. The van der Waals surface area contributed by atoms with Crippen LogP contribution in [0.1, 0.15) is 24.3 Å². The zero-order chi connectivity index (χ0) is 14.2. The van der Waals surface area contributed by atoms with Crippen LogP contribution in [0.5, 0.6) is 0 Å². The highest BCUT2D eigenvalue weighted by atomic mass is 79.9. The number of hydrogen-bond acceptors (Lipinski definition) is 3. The van der Waals surface area contributed by atoms with Crippen LogP contribution >= 0.6 is 15.9 Å². The molecule has 0 fully saturated rings. The van der Waals surface area contributed by atoms with E-state index in [4.69, 9.17) is 0 Å². The standard InChI is InChI=1S/C11H9BrF3N3O/c1-6(19)9-5-18(17-16-9)10-4-7(11(13,14)15)2-3-8(10)12/h2-6,19H,1H3. The summed E-state index contributed by atoms with van der Waals surface area (Å²) in [6.45, 7) is 1.50. The highest BCUT2D eigenvalue weighted by Gasteiger charge is 2.31. The second-order valence-electron chi connectivity index (χ2n) is 3.93. The van der Waals surface area contributed by atoms with Gasteiger partial charge in [0.15, 0.2) is 0 Å². The first-order chi connectivity index (χ1) is 8.79. The number of aromatic nitrogens is 3. The van der Waals surface area contributed by atoms with Crippen molar-refractivity contribution < 1.29 is 18.3 Å². The van der Waals surface area contributed by atoms with Gasteiger partial charge in [0.2, 0.25) is 0 Å². The first-order valence-electron chi connectivity index (χ1n) is 5.26. The fourth-order valence-corrected chi connectivity index (χ4v) is 1.88. The third-order valence-corrected chi connectivity index (χ3v) is 3.13. The second kappa shape index (κ2) is 4.93. The van der Waals surface area contributed by atoms with Crippen LogP contribution in [0, 0.1) is 0 Å². The van der Waals surface area contributed by atoms with Gasteiger partial charge in [-0.1, -0.05) is 5.21 Å². The van der Waals surface area contributed by atoms with Gasteiger partial charge < -0.3 is 5.11 Å². The Bertz CT molecular complexity index is 595. The lowest BCUT2D eigenvalue weighted by molar-refractivity contribution is -0.137. The summed E-state index contributed by atoms with van der Waals surface area (Å²) >= 11 is 3.16. The zero-order valence-corrected chi connectivity index (χ0v) is 11.3. The average Bonchev–Trinajstić information content (AvgIpc) is 2.77. The van der Waals surface area contributed by atoms with Crippen LogP contribution in [0.15, 0.2) is 28.9 Å². The topological polar surface area (TPSA) is 50.9 Å². The number of aliphatic hydroxyl groups excluding tert-OH is 1. The van der Waals surface area contributed by atoms with Gasteiger partial charge in [0.1, 0.15) is 5.69 Å². The first-order valence-corrected chi connectivity index (χ1v) is 6.06. The molecule has 1 atom stereocenters. The van der Waals surface area contributed by atoms with E-state index in [2.05, 4.69) is 26.2 Å². The minimum absolute atomic E-state index is 0.203. The van der Waals surface area contributed by atoms with Gasteiger partial charge in [-0.15, -0.1) is 5.10 Å². The molecule has 19 heavy (non-hydrogen) atoms. The van der Waals surface area contributed by atoms with Crippen LogP contribution < -0.4 is 0 Å². The van der Waals surface area contributed by atoms with Crippen molar-refractivity contribution in [1.29, 1.82) is 0 Å². The zero-order valence-electron chi connectivity index (χ0n) is 9.69.